The molecule has 0 aromatic heterocycles. The fourth-order valence-electron chi connectivity index (χ4n) is 5.49. The predicted octanol–water partition coefficient (Wildman–Crippen LogP) is 1.68. The van der Waals surface area contributed by atoms with Gasteiger partial charge < -0.3 is 19.9 Å². The second-order valence-electron chi connectivity index (χ2n) is 8.71. The van der Waals surface area contributed by atoms with Crippen molar-refractivity contribution in [3.05, 3.63) is 0 Å². The van der Waals surface area contributed by atoms with Gasteiger partial charge in [-0.15, -0.1) is 12.4 Å². The van der Waals surface area contributed by atoms with E-state index in [0.717, 1.165) is 76.5 Å². The summed E-state index contributed by atoms with van der Waals surface area (Å²) < 4.78 is 5.36. The highest BCUT2D eigenvalue weighted by atomic mass is 35.5. The molecule has 0 aromatic rings. The van der Waals surface area contributed by atoms with Gasteiger partial charge in [0.2, 0.25) is 11.8 Å². The molecule has 0 bridgehead atoms. The van der Waals surface area contributed by atoms with Crippen LogP contribution in [-0.4, -0.2) is 74.1 Å². The zero-order valence-electron chi connectivity index (χ0n) is 16.3. The fraction of sp³-hybridized carbons (Fsp3) is 0.900. The number of nitrogens with one attached hydrogen (secondary N) is 1. The van der Waals surface area contributed by atoms with Gasteiger partial charge in [-0.1, -0.05) is 12.8 Å². The molecule has 3 aliphatic heterocycles. The minimum atomic E-state index is -0.437. The number of halogens is 1. The fourth-order valence-corrected chi connectivity index (χ4v) is 5.49. The molecule has 0 unspecified atom stereocenters. The van der Waals surface area contributed by atoms with Crippen LogP contribution in [0.4, 0.5) is 0 Å². The first kappa shape index (κ1) is 20.9. The molecule has 4 rings (SSSR count). The maximum absolute atomic E-state index is 13.5. The van der Waals surface area contributed by atoms with E-state index in [1.165, 1.54) is 0 Å². The minimum absolute atomic E-state index is 0. The zero-order chi connectivity index (χ0) is 18.0. The summed E-state index contributed by atoms with van der Waals surface area (Å²) in [5.41, 5.74) is -0.437. The highest BCUT2D eigenvalue weighted by Crippen LogP contribution is 2.44. The number of rotatable bonds is 3. The largest absolute Gasteiger partial charge is 0.378 e. The topological polar surface area (TPSA) is 61.9 Å². The molecule has 1 aliphatic carbocycles. The lowest BCUT2D eigenvalue weighted by atomic mass is 9.80. The summed E-state index contributed by atoms with van der Waals surface area (Å²) in [5.74, 6) is 1.87. The van der Waals surface area contributed by atoms with Crippen LogP contribution in [0.2, 0.25) is 0 Å². The maximum Gasteiger partial charge on any atom is 0.229 e. The first-order valence-corrected chi connectivity index (χ1v) is 10.5. The maximum atomic E-state index is 13.5. The Morgan fingerprint density at radius 1 is 0.926 bits per heavy atom. The Kier molecular flexibility index (Phi) is 7.03. The smallest absolute Gasteiger partial charge is 0.229 e. The lowest BCUT2D eigenvalue weighted by Gasteiger charge is -2.36. The Morgan fingerprint density at radius 3 is 2.11 bits per heavy atom. The molecule has 0 radical (unpaired) electrons. The van der Waals surface area contributed by atoms with Crippen LogP contribution in [0, 0.1) is 17.3 Å². The van der Waals surface area contributed by atoms with Crippen molar-refractivity contribution in [2.24, 2.45) is 17.3 Å². The Labute approximate surface area is 168 Å². The van der Waals surface area contributed by atoms with E-state index in [9.17, 15) is 9.59 Å². The molecule has 7 heteroatoms. The number of carbonyl (C=O) groups is 2. The third-order valence-electron chi connectivity index (χ3n) is 7.17. The van der Waals surface area contributed by atoms with Gasteiger partial charge in [0.05, 0.1) is 18.6 Å². The molecule has 6 nitrogen and oxygen atoms in total. The number of hydrogen-bond acceptors (Lipinski definition) is 4. The summed E-state index contributed by atoms with van der Waals surface area (Å²) in [6, 6.07) is 0. The first-order chi connectivity index (χ1) is 12.7. The molecule has 154 valence electrons. The monoisotopic (exact) mass is 399 g/mol. The van der Waals surface area contributed by atoms with Crippen LogP contribution in [0.25, 0.3) is 0 Å². The van der Waals surface area contributed by atoms with Crippen LogP contribution in [0.15, 0.2) is 0 Å². The standard InChI is InChI=1S/C20H33N3O3.ClH/c24-18(22-9-11-26-12-10-22)13-20(5-1-2-6-20)19(25)23-7-3-16-14-21-15-17(16)4-8-23;/h16-17,21H,1-15H2;1H/t16-,17+;. The third-order valence-corrected chi connectivity index (χ3v) is 7.17. The summed E-state index contributed by atoms with van der Waals surface area (Å²) >= 11 is 0. The average molecular weight is 400 g/mol. The third kappa shape index (κ3) is 4.43. The molecular weight excluding hydrogens is 366 g/mol. The Balaban J connectivity index is 0.00000210. The SMILES string of the molecule is Cl.O=C(CC1(C(=O)N2CC[C@@H]3CNC[C@@H]3CC2)CCCC1)N1CCOCC1. The van der Waals surface area contributed by atoms with E-state index in [4.69, 9.17) is 4.74 Å². The van der Waals surface area contributed by atoms with Crippen molar-refractivity contribution >= 4 is 24.2 Å². The van der Waals surface area contributed by atoms with Crippen LogP contribution in [0.3, 0.4) is 0 Å². The number of fused-ring (bicyclic) bond motifs is 1. The molecule has 27 heavy (non-hydrogen) atoms. The van der Waals surface area contributed by atoms with E-state index in [0.29, 0.717) is 32.7 Å². The number of nitrogens with zero attached hydrogens (tertiary/aromatic N) is 2. The highest BCUT2D eigenvalue weighted by Gasteiger charge is 2.46. The highest BCUT2D eigenvalue weighted by molar-refractivity contribution is 5.89. The summed E-state index contributed by atoms with van der Waals surface area (Å²) in [4.78, 5) is 30.4. The van der Waals surface area contributed by atoms with Crippen LogP contribution in [0.1, 0.15) is 44.9 Å². The molecule has 0 spiro atoms. The Bertz CT molecular complexity index is 519. The number of likely N-dealkylation sites (tertiary alicyclic amines) is 1. The lowest BCUT2D eigenvalue weighted by Crippen LogP contribution is -2.48. The van der Waals surface area contributed by atoms with Gasteiger partial charge >= 0.3 is 0 Å². The molecule has 4 fully saturated rings. The molecule has 1 saturated carbocycles. The summed E-state index contributed by atoms with van der Waals surface area (Å²) in [6.45, 7) is 6.53. The number of ether oxygens (including phenoxy) is 1. The second-order valence-corrected chi connectivity index (χ2v) is 8.71. The van der Waals surface area contributed by atoms with E-state index in [1.807, 2.05) is 4.90 Å². The Hall–Kier alpha value is -0.850. The van der Waals surface area contributed by atoms with E-state index in [-0.39, 0.29) is 24.2 Å². The van der Waals surface area contributed by atoms with E-state index >= 15 is 0 Å². The van der Waals surface area contributed by atoms with Gasteiger partial charge in [0.25, 0.3) is 0 Å². The molecule has 2 amide bonds. The van der Waals surface area contributed by atoms with E-state index in [1.54, 1.807) is 0 Å². The number of hydrogen-bond donors (Lipinski definition) is 1. The summed E-state index contributed by atoms with van der Waals surface area (Å²) in [7, 11) is 0. The second kappa shape index (κ2) is 9.10. The van der Waals surface area contributed by atoms with Crippen molar-refractivity contribution in [1.82, 2.24) is 15.1 Å². The molecule has 4 aliphatic rings. The van der Waals surface area contributed by atoms with Crippen molar-refractivity contribution in [3.63, 3.8) is 0 Å². The van der Waals surface area contributed by atoms with Crippen molar-refractivity contribution < 1.29 is 14.3 Å². The zero-order valence-corrected chi connectivity index (χ0v) is 17.1. The number of morpholine rings is 1. The van der Waals surface area contributed by atoms with Crippen molar-refractivity contribution in [2.75, 3.05) is 52.5 Å². The number of amides is 2. The van der Waals surface area contributed by atoms with Crippen LogP contribution >= 0.6 is 12.4 Å². The van der Waals surface area contributed by atoms with Crippen LogP contribution in [0.5, 0.6) is 0 Å². The van der Waals surface area contributed by atoms with Crippen LogP contribution < -0.4 is 5.32 Å². The number of carbonyl (C=O) groups excluding carboxylic acids is 2. The molecule has 1 N–H and O–H groups in total. The van der Waals surface area contributed by atoms with Gasteiger partial charge in [0.1, 0.15) is 0 Å². The van der Waals surface area contributed by atoms with Gasteiger partial charge in [0.15, 0.2) is 0 Å². The van der Waals surface area contributed by atoms with Gasteiger partial charge in [0, 0.05) is 32.6 Å². The lowest BCUT2D eigenvalue weighted by molar-refractivity contribution is -0.149. The predicted molar refractivity (Wildman–Crippen MR) is 106 cm³/mol. The van der Waals surface area contributed by atoms with Gasteiger partial charge in [-0.25, -0.2) is 0 Å². The Morgan fingerprint density at radius 2 is 1.52 bits per heavy atom. The van der Waals surface area contributed by atoms with E-state index in [2.05, 4.69) is 10.2 Å². The minimum Gasteiger partial charge on any atom is -0.378 e. The molecule has 3 heterocycles. The first-order valence-electron chi connectivity index (χ1n) is 10.5. The van der Waals surface area contributed by atoms with Crippen LogP contribution in [-0.2, 0) is 14.3 Å². The van der Waals surface area contributed by atoms with Crippen molar-refractivity contribution in [2.45, 2.75) is 44.9 Å². The van der Waals surface area contributed by atoms with Crippen molar-refractivity contribution in [1.29, 1.82) is 0 Å². The summed E-state index contributed by atoms with van der Waals surface area (Å²) in [5, 5.41) is 3.50. The van der Waals surface area contributed by atoms with Gasteiger partial charge in [-0.3, -0.25) is 9.59 Å². The van der Waals surface area contributed by atoms with Gasteiger partial charge in [-0.05, 0) is 50.6 Å². The molecule has 0 aromatic carbocycles. The molecular formula is C20H34ClN3O3. The normalized spacial score (nSPS) is 30.4. The van der Waals surface area contributed by atoms with Gasteiger partial charge in [-0.2, -0.15) is 0 Å². The van der Waals surface area contributed by atoms with Crippen molar-refractivity contribution in [3.8, 4) is 0 Å². The molecule has 2 atom stereocenters. The quantitative estimate of drug-likeness (QED) is 0.784. The molecule has 3 saturated heterocycles. The van der Waals surface area contributed by atoms with E-state index < -0.39 is 5.41 Å². The average Bonchev–Trinajstić information content (AvgIpc) is 3.28. The summed E-state index contributed by atoms with van der Waals surface area (Å²) in [6.07, 6.45) is 6.53.